The summed E-state index contributed by atoms with van der Waals surface area (Å²) in [5.41, 5.74) is 5.14. The number of thiophene rings is 3. The second-order valence-electron chi connectivity index (χ2n) is 9.60. The zero-order valence-electron chi connectivity index (χ0n) is 21.5. The van der Waals surface area contributed by atoms with Crippen LogP contribution in [0.3, 0.4) is 0 Å². The van der Waals surface area contributed by atoms with Crippen molar-refractivity contribution in [2.75, 3.05) is 0 Å². The van der Waals surface area contributed by atoms with Crippen LogP contribution in [0.25, 0.3) is 30.5 Å². The average Bonchev–Trinajstić information content (AvgIpc) is 3.61. The van der Waals surface area contributed by atoms with Gasteiger partial charge in [-0.3, -0.25) is 9.97 Å². The summed E-state index contributed by atoms with van der Waals surface area (Å²) in [7, 11) is 0. The fourth-order valence-electron chi connectivity index (χ4n) is 4.83. The predicted octanol–water partition coefficient (Wildman–Crippen LogP) is 11.0. The summed E-state index contributed by atoms with van der Waals surface area (Å²) >= 11 is 5.66. The van der Waals surface area contributed by atoms with Crippen LogP contribution in [0.2, 0.25) is 0 Å². The maximum atomic E-state index is 4.83. The Morgan fingerprint density at radius 1 is 0.543 bits per heavy atom. The Kier molecular flexibility index (Phi) is 10.8. The van der Waals surface area contributed by atoms with E-state index in [1.54, 1.807) is 0 Å². The lowest BCUT2D eigenvalue weighted by atomic mass is 10.0. The monoisotopic (exact) mass is 524 g/mol. The highest BCUT2D eigenvalue weighted by atomic mass is 32.1. The lowest BCUT2D eigenvalue weighted by molar-refractivity contribution is 0.608. The van der Waals surface area contributed by atoms with Gasteiger partial charge < -0.3 is 0 Å². The van der Waals surface area contributed by atoms with Crippen molar-refractivity contribution < 1.29 is 0 Å². The molecule has 0 spiro atoms. The van der Waals surface area contributed by atoms with Crippen molar-refractivity contribution in [2.45, 2.75) is 104 Å². The van der Waals surface area contributed by atoms with E-state index in [0.29, 0.717) is 0 Å². The smallest absolute Gasteiger partial charge is 0.109 e. The maximum Gasteiger partial charge on any atom is 0.109 e. The van der Waals surface area contributed by atoms with E-state index in [1.165, 1.54) is 121 Å². The van der Waals surface area contributed by atoms with Gasteiger partial charge in [-0.15, -0.1) is 34.0 Å². The highest BCUT2D eigenvalue weighted by Gasteiger charge is 2.21. The third kappa shape index (κ3) is 7.02. The molecule has 0 saturated heterocycles. The molecule has 0 aliphatic heterocycles. The summed E-state index contributed by atoms with van der Waals surface area (Å²) < 4.78 is 0. The van der Waals surface area contributed by atoms with Crippen molar-refractivity contribution in [3.8, 4) is 19.5 Å². The van der Waals surface area contributed by atoms with E-state index in [0.717, 1.165) is 11.0 Å². The van der Waals surface area contributed by atoms with Gasteiger partial charge in [-0.05, 0) is 59.7 Å². The summed E-state index contributed by atoms with van der Waals surface area (Å²) in [6.07, 6.45) is 22.1. The molecule has 188 valence electrons. The summed E-state index contributed by atoms with van der Waals surface area (Å²) in [4.78, 5) is 15.1. The third-order valence-corrected chi connectivity index (χ3v) is 10.2. The van der Waals surface area contributed by atoms with Crippen LogP contribution in [-0.4, -0.2) is 9.97 Å². The summed E-state index contributed by atoms with van der Waals surface area (Å²) in [5, 5.41) is 4.52. The Labute approximate surface area is 223 Å². The van der Waals surface area contributed by atoms with E-state index in [9.17, 15) is 0 Å². The van der Waals surface area contributed by atoms with Crippen molar-refractivity contribution in [3.05, 3.63) is 46.4 Å². The number of fused-ring (bicyclic) bond motifs is 1. The van der Waals surface area contributed by atoms with Crippen molar-refractivity contribution in [1.82, 2.24) is 9.97 Å². The molecule has 0 aliphatic rings. The van der Waals surface area contributed by atoms with Gasteiger partial charge in [-0.1, -0.05) is 78.1 Å². The summed E-state index contributed by atoms with van der Waals surface area (Å²) in [5.74, 6) is 0. The number of hydrogen-bond donors (Lipinski definition) is 0. The molecule has 0 bridgehead atoms. The molecule has 0 radical (unpaired) electrons. The van der Waals surface area contributed by atoms with Crippen LogP contribution >= 0.6 is 34.0 Å². The van der Waals surface area contributed by atoms with Gasteiger partial charge >= 0.3 is 0 Å². The standard InChI is InChI=1S/C30H40N2S3/c1-3-5-7-9-11-13-15-23-17-21-33-27(23)29-25-26(32-20-19-31-25)30(35-29)28-24(18-22-34-28)16-14-12-10-8-6-4-2/h17-22H,3-16H2,1-2H3. The molecule has 0 unspecified atom stereocenters. The number of aromatic nitrogens is 2. The van der Waals surface area contributed by atoms with E-state index < -0.39 is 0 Å². The molecule has 0 N–H and O–H groups in total. The van der Waals surface area contributed by atoms with Gasteiger partial charge in [0.1, 0.15) is 11.0 Å². The zero-order valence-corrected chi connectivity index (χ0v) is 23.9. The van der Waals surface area contributed by atoms with Gasteiger partial charge in [0, 0.05) is 22.1 Å². The first kappa shape index (κ1) is 26.5. The van der Waals surface area contributed by atoms with Gasteiger partial charge in [-0.2, -0.15) is 0 Å². The first-order chi connectivity index (χ1) is 17.3. The molecule has 0 atom stereocenters. The highest BCUT2D eigenvalue weighted by molar-refractivity contribution is 7.27. The quantitative estimate of drug-likeness (QED) is 0.136. The minimum Gasteiger partial charge on any atom is -0.251 e. The highest BCUT2D eigenvalue weighted by Crippen LogP contribution is 2.47. The van der Waals surface area contributed by atoms with Crippen LogP contribution in [-0.2, 0) is 12.8 Å². The van der Waals surface area contributed by atoms with Gasteiger partial charge in [0.05, 0.1) is 9.75 Å². The van der Waals surface area contributed by atoms with E-state index in [1.807, 2.05) is 46.4 Å². The van der Waals surface area contributed by atoms with E-state index in [2.05, 4.69) is 36.7 Å². The van der Waals surface area contributed by atoms with Crippen molar-refractivity contribution in [3.63, 3.8) is 0 Å². The lowest BCUT2D eigenvalue weighted by Gasteiger charge is -2.04. The topological polar surface area (TPSA) is 25.8 Å². The lowest BCUT2D eigenvalue weighted by Crippen LogP contribution is -1.87. The molecule has 4 rings (SSSR count). The molecule has 0 aliphatic carbocycles. The molecule has 0 aromatic carbocycles. The van der Waals surface area contributed by atoms with Crippen molar-refractivity contribution >= 4 is 45.0 Å². The second kappa shape index (κ2) is 14.2. The van der Waals surface area contributed by atoms with Gasteiger partial charge in [0.25, 0.3) is 0 Å². The van der Waals surface area contributed by atoms with Gasteiger partial charge in [0.15, 0.2) is 0 Å². The Bertz CT molecular complexity index is 1070. The first-order valence-corrected chi connectivity index (χ1v) is 16.3. The van der Waals surface area contributed by atoms with E-state index in [4.69, 9.17) is 9.97 Å². The van der Waals surface area contributed by atoms with Gasteiger partial charge in [0.2, 0.25) is 0 Å². The molecule has 0 amide bonds. The number of hydrogen-bond acceptors (Lipinski definition) is 5. The van der Waals surface area contributed by atoms with E-state index in [-0.39, 0.29) is 0 Å². The molecule has 4 aromatic heterocycles. The van der Waals surface area contributed by atoms with Gasteiger partial charge in [-0.25, -0.2) is 0 Å². The molecule has 2 nitrogen and oxygen atoms in total. The molecule has 4 heterocycles. The van der Waals surface area contributed by atoms with Crippen LogP contribution in [0.1, 0.15) is 102 Å². The first-order valence-electron chi connectivity index (χ1n) is 13.7. The van der Waals surface area contributed by atoms with Crippen LogP contribution < -0.4 is 0 Å². The van der Waals surface area contributed by atoms with Crippen molar-refractivity contribution in [2.24, 2.45) is 0 Å². The minimum absolute atomic E-state index is 1.08. The number of rotatable bonds is 16. The second-order valence-corrected chi connectivity index (χ2v) is 12.5. The van der Waals surface area contributed by atoms with Crippen LogP contribution in [0.5, 0.6) is 0 Å². The Morgan fingerprint density at radius 2 is 0.971 bits per heavy atom. The molecule has 0 fully saturated rings. The van der Waals surface area contributed by atoms with Crippen LogP contribution in [0.4, 0.5) is 0 Å². The number of unbranched alkanes of at least 4 members (excludes halogenated alkanes) is 10. The van der Waals surface area contributed by atoms with Crippen molar-refractivity contribution in [1.29, 1.82) is 0 Å². The fraction of sp³-hybridized carbons (Fsp3) is 0.533. The predicted molar refractivity (Wildman–Crippen MR) is 158 cm³/mol. The Hall–Kier alpha value is -1.56. The molecule has 4 aromatic rings. The normalized spacial score (nSPS) is 11.6. The Balaban J connectivity index is 1.51. The molecule has 0 saturated carbocycles. The summed E-state index contributed by atoms with van der Waals surface area (Å²) in [6.45, 7) is 4.57. The van der Waals surface area contributed by atoms with Crippen LogP contribution in [0.15, 0.2) is 35.3 Å². The minimum atomic E-state index is 1.08. The Morgan fingerprint density at radius 3 is 1.43 bits per heavy atom. The van der Waals surface area contributed by atoms with E-state index >= 15 is 0 Å². The molecule has 5 heteroatoms. The maximum absolute atomic E-state index is 4.83. The fourth-order valence-corrected chi connectivity index (χ4v) is 8.30. The molecule has 35 heavy (non-hydrogen) atoms. The number of nitrogens with zero attached hydrogens (tertiary/aromatic N) is 2. The average molecular weight is 525 g/mol. The summed E-state index contributed by atoms with van der Waals surface area (Å²) in [6, 6.07) is 4.67. The zero-order chi connectivity index (χ0) is 24.3. The third-order valence-electron chi connectivity index (χ3n) is 6.84. The molecular weight excluding hydrogens is 485 g/mol. The molecular formula is C30H40N2S3. The largest absolute Gasteiger partial charge is 0.251 e. The number of aryl methyl sites for hydroxylation is 2. The SMILES string of the molecule is CCCCCCCCc1ccsc1-c1sc(-c2sccc2CCCCCCCC)c2nccnc12. The van der Waals surface area contributed by atoms with Crippen LogP contribution in [0, 0.1) is 0 Å².